The lowest BCUT2D eigenvalue weighted by atomic mass is 10.0. The molecule has 0 unspecified atom stereocenters. The molecular formula is C15H30O2. The van der Waals surface area contributed by atoms with Gasteiger partial charge in [-0.15, -0.1) is 0 Å². The van der Waals surface area contributed by atoms with Crippen molar-refractivity contribution in [2.24, 2.45) is 5.92 Å². The summed E-state index contributed by atoms with van der Waals surface area (Å²) in [6.07, 6.45) is 12.4. The quantitative estimate of drug-likeness (QED) is 0.454. The van der Waals surface area contributed by atoms with Gasteiger partial charge in [0.25, 0.3) is 0 Å². The molecule has 0 aliphatic carbocycles. The topological polar surface area (TPSA) is 37.3 Å². The molecule has 0 aromatic heterocycles. The van der Waals surface area contributed by atoms with Crippen molar-refractivity contribution in [3.05, 3.63) is 12.7 Å². The van der Waals surface area contributed by atoms with E-state index in [4.69, 9.17) is 5.11 Å². The van der Waals surface area contributed by atoms with Gasteiger partial charge in [-0.1, -0.05) is 78.7 Å². The van der Waals surface area contributed by atoms with E-state index in [9.17, 15) is 4.79 Å². The smallest absolute Gasteiger partial charge is 0.327 e. The summed E-state index contributed by atoms with van der Waals surface area (Å²) in [7, 11) is 0. The van der Waals surface area contributed by atoms with Gasteiger partial charge < -0.3 is 5.11 Å². The molecule has 17 heavy (non-hydrogen) atoms. The van der Waals surface area contributed by atoms with E-state index in [1.165, 1.54) is 51.4 Å². The number of hydrogen-bond acceptors (Lipinski definition) is 1. The van der Waals surface area contributed by atoms with E-state index in [-0.39, 0.29) is 0 Å². The summed E-state index contributed by atoms with van der Waals surface area (Å²) in [5.74, 6) is -0.0781. The minimum Gasteiger partial charge on any atom is -0.478 e. The fourth-order valence-electron chi connectivity index (χ4n) is 1.51. The maximum atomic E-state index is 9.25. The lowest BCUT2D eigenvalue weighted by Crippen LogP contribution is -1.87. The normalized spacial score (nSPS) is 9.65. The van der Waals surface area contributed by atoms with Crippen molar-refractivity contribution in [3.63, 3.8) is 0 Å². The van der Waals surface area contributed by atoms with E-state index < -0.39 is 5.97 Å². The third-order valence-corrected chi connectivity index (χ3v) is 2.56. The third kappa shape index (κ3) is 25.5. The van der Waals surface area contributed by atoms with Gasteiger partial charge in [-0.05, 0) is 5.92 Å². The summed E-state index contributed by atoms with van der Waals surface area (Å²) in [4.78, 5) is 9.25. The van der Waals surface area contributed by atoms with Crippen LogP contribution in [0.15, 0.2) is 12.7 Å². The summed E-state index contributed by atoms with van der Waals surface area (Å²) in [5.41, 5.74) is 0. The molecule has 2 nitrogen and oxygen atoms in total. The zero-order valence-electron chi connectivity index (χ0n) is 11.9. The van der Waals surface area contributed by atoms with Crippen molar-refractivity contribution in [2.45, 2.75) is 72.1 Å². The molecule has 0 saturated carbocycles. The number of carboxylic acids is 1. The van der Waals surface area contributed by atoms with Crippen LogP contribution in [0.1, 0.15) is 72.1 Å². The molecule has 0 aromatic carbocycles. The Bertz CT molecular complexity index is 174. The van der Waals surface area contributed by atoms with Gasteiger partial charge in [-0.2, -0.15) is 0 Å². The van der Waals surface area contributed by atoms with Gasteiger partial charge in [0, 0.05) is 6.08 Å². The van der Waals surface area contributed by atoms with E-state index >= 15 is 0 Å². The highest BCUT2D eigenvalue weighted by Crippen LogP contribution is 2.11. The summed E-state index contributed by atoms with van der Waals surface area (Å²) in [6, 6.07) is 0. The lowest BCUT2D eigenvalue weighted by molar-refractivity contribution is -0.131. The Morgan fingerprint density at radius 3 is 1.88 bits per heavy atom. The largest absolute Gasteiger partial charge is 0.478 e. The van der Waals surface area contributed by atoms with Crippen LogP contribution in [0, 0.1) is 5.92 Å². The van der Waals surface area contributed by atoms with Crippen LogP contribution in [0.25, 0.3) is 0 Å². The summed E-state index contributed by atoms with van der Waals surface area (Å²) in [5, 5.41) is 7.60. The molecule has 1 N–H and O–H groups in total. The Kier molecular flexibility index (Phi) is 16.6. The predicted molar refractivity (Wildman–Crippen MR) is 75.3 cm³/mol. The molecule has 2 heteroatoms. The SMILES string of the molecule is C=CC(=O)O.CCCCCCCCCC(C)C. The number of unbranched alkanes of at least 4 members (excludes halogenated alkanes) is 6. The Labute approximate surface area is 107 Å². The van der Waals surface area contributed by atoms with Crippen LogP contribution in [-0.2, 0) is 4.79 Å². The number of carboxylic acid groups (broad SMARTS) is 1. The van der Waals surface area contributed by atoms with Crippen molar-refractivity contribution in [3.8, 4) is 0 Å². The van der Waals surface area contributed by atoms with Crippen LogP contribution < -0.4 is 0 Å². The first-order chi connectivity index (χ1) is 8.04. The van der Waals surface area contributed by atoms with Gasteiger partial charge >= 0.3 is 5.97 Å². The van der Waals surface area contributed by atoms with Gasteiger partial charge in [-0.25, -0.2) is 4.79 Å². The molecule has 0 aliphatic rings. The fraction of sp³-hybridized carbons (Fsp3) is 0.800. The second-order valence-corrected chi connectivity index (χ2v) is 4.85. The zero-order valence-corrected chi connectivity index (χ0v) is 11.9. The molecule has 0 saturated heterocycles. The van der Waals surface area contributed by atoms with Crippen LogP contribution in [0.2, 0.25) is 0 Å². The lowest BCUT2D eigenvalue weighted by Gasteiger charge is -2.03. The maximum Gasteiger partial charge on any atom is 0.327 e. The molecule has 0 spiro atoms. The van der Waals surface area contributed by atoms with Crippen LogP contribution in [0.4, 0.5) is 0 Å². The fourth-order valence-corrected chi connectivity index (χ4v) is 1.51. The predicted octanol–water partition coefficient (Wildman–Crippen LogP) is 5.04. The second kappa shape index (κ2) is 15.2. The highest BCUT2D eigenvalue weighted by Gasteiger charge is 1.93. The summed E-state index contributed by atoms with van der Waals surface area (Å²) < 4.78 is 0. The van der Waals surface area contributed by atoms with E-state index in [1.54, 1.807) is 0 Å². The molecule has 0 aromatic rings. The van der Waals surface area contributed by atoms with Crippen molar-refractivity contribution in [1.82, 2.24) is 0 Å². The van der Waals surface area contributed by atoms with Crippen molar-refractivity contribution in [1.29, 1.82) is 0 Å². The summed E-state index contributed by atoms with van der Waals surface area (Å²) in [6.45, 7) is 9.87. The van der Waals surface area contributed by atoms with E-state index in [2.05, 4.69) is 27.4 Å². The first kappa shape index (κ1) is 18.6. The number of carbonyl (C=O) groups is 1. The second-order valence-electron chi connectivity index (χ2n) is 4.85. The average molecular weight is 242 g/mol. The van der Waals surface area contributed by atoms with Crippen LogP contribution >= 0.6 is 0 Å². The highest BCUT2D eigenvalue weighted by molar-refractivity contribution is 5.78. The third-order valence-electron chi connectivity index (χ3n) is 2.56. The standard InChI is InChI=1S/C12H26.C3H4O2/c1-4-5-6-7-8-9-10-11-12(2)3;1-2-3(4)5/h12H,4-11H2,1-3H3;2H,1H2,(H,4,5). The molecule has 0 aliphatic heterocycles. The molecule has 0 rings (SSSR count). The zero-order chi connectivity index (χ0) is 13.5. The summed E-state index contributed by atoms with van der Waals surface area (Å²) >= 11 is 0. The number of aliphatic carboxylic acids is 1. The first-order valence-electron chi connectivity index (χ1n) is 6.89. The molecule has 0 amide bonds. The van der Waals surface area contributed by atoms with Crippen LogP contribution in [-0.4, -0.2) is 11.1 Å². The van der Waals surface area contributed by atoms with E-state index in [0.717, 1.165) is 12.0 Å². The van der Waals surface area contributed by atoms with Gasteiger partial charge in [0.2, 0.25) is 0 Å². The number of hydrogen-bond donors (Lipinski definition) is 1. The average Bonchev–Trinajstić information content (AvgIpc) is 2.28. The van der Waals surface area contributed by atoms with Gasteiger partial charge in [0.1, 0.15) is 0 Å². The molecule has 0 atom stereocenters. The van der Waals surface area contributed by atoms with Crippen molar-refractivity contribution < 1.29 is 9.90 Å². The van der Waals surface area contributed by atoms with Crippen molar-refractivity contribution in [2.75, 3.05) is 0 Å². The van der Waals surface area contributed by atoms with E-state index in [0.29, 0.717) is 0 Å². The van der Waals surface area contributed by atoms with Gasteiger partial charge in [0.15, 0.2) is 0 Å². The Hall–Kier alpha value is -0.790. The molecule has 0 fully saturated rings. The maximum absolute atomic E-state index is 9.25. The molecular weight excluding hydrogens is 212 g/mol. The monoisotopic (exact) mass is 242 g/mol. The van der Waals surface area contributed by atoms with Crippen molar-refractivity contribution >= 4 is 5.97 Å². The first-order valence-corrected chi connectivity index (χ1v) is 6.89. The minimum atomic E-state index is -0.981. The van der Waals surface area contributed by atoms with E-state index in [1.807, 2.05) is 0 Å². The van der Waals surface area contributed by atoms with Gasteiger partial charge in [0.05, 0.1) is 0 Å². The van der Waals surface area contributed by atoms with Gasteiger partial charge in [-0.3, -0.25) is 0 Å². The number of rotatable bonds is 9. The molecule has 0 bridgehead atoms. The Morgan fingerprint density at radius 1 is 1.12 bits per heavy atom. The molecule has 102 valence electrons. The molecule has 0 heterocycles. The highest BCUT2D eigenvalue weighted by atomic mass is 16.4. The Balaban J connectivity index is 0. The minimum absolute atomic E-state index is 0.833. The molecule has 0 radical (unpaired) electrons. The Morgan fingerprint density at radius 2 is 1.53 bits per heavy atom. The van der Waals surface area contributed by atoms with Crippen LogP contribution in [0.3, 0.4) is 0 Å². The van der Waals surface area contributed by atoms with Crippen LogP contribution in [0.5, 0.6) is 0 Å².